The van der Waals surface area contributed by atoms with Gasteiger partial charge in [-0.2, -0.15) is 0 Å². The molecule has 18 heteroatoms. The molecule has 4 aromatic rings. The molecule has 71 heavy (non-hydrogen) atoms. The van der Waals surface area contributed by atoms with E-state index in [4.69, 9.17) is 28.3 Å². The Kier molecular flexibility index (Phi) is 14.9. The summed E-state index contributed by atoms with van der Waals surface area (Å²) in [4.78, 5) is 64.1. The molecule has 18 nitrogen and oxygen atoms in total. The number of anilines is 2. The molecule has 1 amide bonds. The summed E-state index contributed by atoms with van der Waals surface area (Å²) in [6.45, 7) is 16.3. The molecule has 1 unspecified atom stereocenters. The maximum atomic E-state index is 14.6. The third-order valence-corrected chi connectivity index (χ3v) is 15.4. The number of carbonyl (C=O) groups excluding carboxylic acids is 2. The van der Waals surface area contributed by atoms with Crippen LogP contribution in [-0.4, -0.2) is 112 Å². The highest BCUT2D eigenvalue weighted by molar-refractivity contribution is 6.20. The first-order valence-electron chi connectivity index (χ1n) is 24.7. The average Bonchev–Trinajstić information content (AvgIpc) is 3.66. The van der Waals surface area contributed by atoms with E-state index in [9.17, 15) is 39.7 Å². The maximum Gasteiger partial charge on any atom is 0.302 e. The number of methoxy groups -OCH3 is 1. The number of hydrogen-bond donors (Lipinski definition) is 5. The first kappa shape index (κ1) is 51.3. The first-order chi connectivity index (χ1) is 33.8. The van der Waals surface area contributed by atoms with Gasteiger partial charge in [-0.1, -0.05) is 57.5 Å². The normalized spacial score (nSPS) is 29.6. The minimum absolute atomic E-state index is 0.00362. The number of phenolic OH excluding ortho intramolecular Hbond substituents is 2. The molecule has 0 spiro atoms. The standard InChI is InChI=1S/C53H67N5O13/c1-26-14-13-15-27(2)52(65)55-43-47(64)39-38(42-50(43)70-37-25-34(24-35(60)41(37)54-42)58-21-16-33(17-22-58)57-19-11-10-12-20-57)40-49(31(6)46(39)63)71-53(8,51(40)56-66)68-23-18-36(67-9)28(3)48(69-32(7)59)30(5)45(62)29(4)44(26)61/h13-15,18,23-26,28-30,33,36,44-45,48,51,60-62,64H,10-12,16-17,19-22H2,1-9H3,(H,55,65)/t26-,28+,29+,30+,36-,44-,45+,48+,51?,53-/m0/s1. The molecule has 5 heterocycles. The number of nitroso groups, excluding NO2 is 1. The van der Waals surface area contributed by atoms with Gasteiger partial charge in [-0.25, -0.2) is 4.98 Å². The number of allylic oxidation sites excluding steroid dienone is 2. The summed E-state index contributed by atoms with van der Waals surface area (Å²) in [5.74, 6) is -6.70. The number of esters is 1. The Morgan fingerprint density at radius 3 is 2.30 bits per heavy atom. The molecule has 3 aromatic carbocycles. The van der Waals surface area contributed by atoms with Crippen molar-refractivity contribution in [2.75, 3.05) is 43.5 Å². The number of carbonyl (C=O) groups is 2. The van der Waals surface area contributed by atoms with Gasteiger partial charge in [0.1, 0.15) is 34.3 Å². The van der Waals surface area contributed by atoms with Crippen molar-refractivity contribution in [1.29, 1.82) is 0 Å². The molecule has 0 radical (unpaired) electrons. The molecule has 10 atom stereocenters. The third-order valence-electron chi connectivity index (χ3n) is 15.4. The molecule has 2 fully saturated rings. The van der Waals surface area contributed by atoms with E-state index in [1.807, 2.05) is 0 Å². The molecule has 0 saturated carbocycles. The number of amides is 1. The highest BCUT2D eigenvalue weighted by Crippen LogP contribution is 2.54. The topological polar surface area (TPSA) is 243 Å². The number of hydrogen-bond acceptors (Lipinski definition) is 17. The van der Waals surface area contributed by atoms with E-state index >= 15 is 0 Å². The van der Waals surface area contributed by atoms with Crippen LogP contribution in [0.5, 0.6) is 17.2 Å². The molecule has 4 aliphatic rings. The largest absolute Gasteiger partial charge is 0.505 e. The molecule has 1 aromatic heterocycles. The van der Waals surface area contributed by atoms with Gasteiger partial charge in [0.25, 0.3) is 11.7 Å². The van der Waals surface area contributed by atoms with Gasteiger partial charge < -0.3 is 58.9 Å². The zero-order chi connectivity index (χ0) is 51.2. The summed E-state index contributed by atoms with van der Waals surface area (Å²) < 4.78 is 30.9. The van der Waals surface area contributed by atoms with Crippen molar-refractivity contribution in [1.82, 2.24) is 9.88 Å². The number of aliphatic hydroxyl groups is 2. The fourth-order valence-corrected chi connectivity index (χ4v) is 11.1. The Labute approximate surface area is 412 Å². The minimum atomic E-state index is -1.92. The predicted octanol–water partition coefficient (Wildman–Crippen LogP) is 7.78. The van der Waals surface area contributed by atoms with Crippen LogP contribution in [0.3, 0.4) is 0 Å². The summed E-state index contributed by atoms with van der Waals surface area (Å²) in [5.41, 5.74) is -0.238. The van der Waals surface area contributed by atoms with Crippen LogP contribution in [0, 0.1) is 35.5 Å². The lowest BCUT2D eigenvalue weighted by Gasteiger charge is -2.41. The summed E-state index contributed by atoms with van der Waals surface area (Å²) in [6.07, 6.45) is 9.16. The van der Waals surface area contributed by atoms with Gasteiger partial charge in [-0.3, -0.25) is 14.4 Å². The lowest BCUT2D eigenvalue weighted by Crippen LogP contribution is -2.46. The van der Waals surface area contributed by atoms with Gasteiger partial charge in [-0.15, -0.1) is 4.91 Å². The van der Waals surface area contributed by atoms with Gasteiger partial charge in [0.15, 0.2) is 28.4 Å². The summed E-state index contributed by atoms with van der Waals surface area (Å²) >= 11 is 0. The fraction of sp³-hybridized carbons (Fsp3) is 0.547. The zero-order valence-electron chi connectivity index (χ0n) is 41.9. The van der Waals surface area contributed by atoms with Crippen LogP contribution in [0.4, 0.5) is 11.4 Å². The van der Waals surface area contributed by atoms with Gasteiger partial charge in [0.2, 0.25) is 0 Å². The van der Waals surface area contributed by atoms with E-state index in [-0.39, 0.29) is 66.9 Å². The van der Waals surface area contributed by atoms with E-state index in [2.05, 4.69) is 20.3 Å². The van der Waals surface area contributed by atoms with Crippen LogP contribution in [0.15, 0.2) is 62.7 Å². The van der Waals surface area contributed by atoms with E-state index in [0.717, 1.165) is 39.0 Å². The second kappa shape index (κ2) is 20.6. The van der Waals surface area contributed by atoms with Crippen molar-refractivity contribution < 1.29 is 53.4 Å². The number of nitrogens with one attached hydrogen (secondary N) is 1. The number of aromatic hydroxyl groups is 2. The number of fused-ring (bicyclic) bond motifs is 2. The Bertz CT molecular complexity index is 2870. The highest BCUT2D eigenvalue weighted by Gasteiger charge is 2.52. The Balaban J connectivity index is 1.30. The van der Waals surface area contributed by atoms with Crippen LogP contribution in [0.2, 0.25) is 0 Å². The average molecular weight is 982 g/mol. The molecule has 0 aliphatic carbocycles. The Morgan fingerprint density at radius 1 is 0.930 bits per heavy atom. The molecule has 4 aliphatic heterocycles. The fourth-order valence-electron chi connectivity index (χ4n) is 11.1. The molecule has 8 rings (SSSR count). The van der Waals surface area contributed by atoms with Crippen molar-refractivity contribution in [3.63, 3.8) is 0 Å². The highest BCUT2D eigenvalue weighted by atomic mass is 16.7. The SMILES string of the molecule is CO[C@H]1C=CO[C@@]2(C)Oc3c(C)c(=O)c4c(O)c(c5oc6cc(N7CCC(N8CCCCC8)CC7)cc(O)c6nc5c4c3C2N=O)NC(=O)C(C)=CC=C[C@H](C)[C@H](O)[C@@H](C)[C@@H](O)[C@@H](C)[C@H](OC(C)=O)[C@@H]1C. The smallest absolute Gasteiger partial charge is 0.302 e. The van der Waals surface area contributed by atoms with Crippen LogP contribution in [0.25, 0.3) is 33.0 Å². The number of piperidine rings is 2. The number of ether oxygens (including phenoxy) is 4. The number of nitrogens with zero attached hydrogens (tertiary/aromatic N) is 4. The van der Waals surface area contributed by atoms with Crippen molar-refractivity contribution in [2.45, 2.75) is 130 Å². The minimum Gasteiger partial charge on any atom is -0.505 e. The number of aliphatic hydroxyl groups excluding tert-OH is 2. The van der Waals surface area contributed by atoms with Crippen molar-refractivity contribution in [3.8, 4) is 17.2 Å². The van der Waals surface area contributed by atoms with Crippen LogP contribution < -0.4 is 20.4 Å². The Morgan fingerprint density at radius 2 is 1.63 bits per heavy atom. The van der Waals surface area contributed by atoms with E-state index in [1.165, 1.54) is 72.5 Å². The molecule has 382 valence electrons. The van der Waals surface area contributed by atoms with Gasteiger partial charge >= 0.3 is 5.97 Å². The summed E-state index contributed by atoms with van der Waals surface area (Å²) in [5, 5.41) is 53.1. The van der Waals surface area contributed by atoms with E-state index < -0.39 is 83.0 Å². The number of aromatic nitrogens is 1. The second-order valence-corrected chi connectivity index (χ2v) is 20.1. The third kappa shape index (κ3) is 9.58. The molecular formula is C53H67N5O13. The van der Waals surface area contributed by atoms with Gasteiger partial charge in [0.05, 0.1) is 30.0 Å². The summed E-state index contributed by atoms with van der Waals surface area (Å²) in [6, 6.07) is 2.32. The van der Waals surface area contributed by atoms with Crippen LogP contribution in [0.1, 0.15) is 97.7 Å². The number of benzene rings is 3. The van der Waals surface area contributed by atoms with Crippen LogP contribution in [-0.2, 0) is 23.8 Å². The lowest BCUT2D eigenvalue weighted by atomic mass is 9.78. The molecule has 5 N–H and O–H groups in total. The van der Waals surface area contributed by atoms with Crippen molar-refractivity contribution in [2.24, 2.45) is 28.8 Å². The molecule has 2 saturated heterocycles. The monoisotopic (exact) mass is 981 g/mol. The second-order valence-electron chi connectivity index (χ2n) is 20.1. The van der Waals surface area contributed by atoms with Crippen molar-refractivity contribution in [3.05, 3.63) is 74.5 Å². The zero-order valence-corrected chi connectivity index (χ0v) is 41.9. The first-order valence-corrected chi connectivity index (χ1v) is 24.7. The molecule has 4 bridgehead atoms. The lowest BCUT2D eigenvalue weighted by molar-refractivity contribution is -0.160. The van der Waals surface area contributed by atoms with Gasteiger partial charge in [-0.05, 0) is 58.7 Å². The predicted molar refractivity (Wildman–Crippen MR) is 268 cm³/mol. The molecular weight excluding hydrogens is 915 g/mol. The number of rotatable bonds is 5. The van der Waals surface area contributed by atoms with Crippen LogP contribution >= 0.6 is 0 Å². The Hall–Kier alpha value is -6.08. The number of likely N-dealkylation sites (tertiary alicyclic amines) is 1. The summed E-state index contributed by atoms with van der Waals surface area (Å²) in [7, 11) is 1.45. The van der Waals surface area contributed by atoms with Gasteiger partial charge in [0, 0.05) is 104 Å². The maximum absolute atomic E-state index is 14.6. The van der Waals surface area contributed by atoms with Crippen molar-refractivity contribution >= 4 is 56.2 Å². The quantitative estimate of drug-likeness (QED) is 0.0421. The van der Waals surface area contributed by atoms with E-state index in [0.29, 0.717) is 11.7 Å². The number of phenols is 2. The van der Waals surface area contributed by atoms with E-state index in [1.54, 1.807) is 52.0 Å².